The highest BCUT2D eigenvalue weighted by Crippen LogP contribution is 2.36. The molecule has 0 aliphatic carbocycles. The number of carbonyl (C=O) groups is 3. The molecule has 3 aromatic carbocycles. The maximum Gasteiger partial charge on any atom is 0.326 e. The Balaban J connectivity index is 1.45. The van der Waals surface area contributed by atoms with Crippen molar-refractivity contribution in [1.29, 1.82) is 0 Å². The van der Waals surface area contributed by atoms with Crippen molar-refractivity contribution in [2.24, 2.45) is 0 Å². The minimum atomic E-state index is -1.41. The van der Waals surface area contributed by atoms with Crippen molar-refractivity contribution in [2.75, 3.05) is 6.54 Å². The van der Waals surface area contributed by atoms with Crippen molar-refractivity contribution in [2.45, 2.75) is 18.6 Å². The number of nitrogens with one attached hydrogen (secondary N) is 1. The van der Waals surface area contributed by atoms with Gasteiger partial charge in [0.1, 0.15) is 12.3 Å². The molecule has 1 aliphatic rings. The fraction of sp³-hybridized carbons (Fsp3) is 0.138. The molecule has 7 heteroatoms. The van der Waals surface area contributed by atoms with Gasteiger partial charge in [0.25, 0.3) is 5.91 Å². The van der Waals surface area contributed by atoms with Crippen LogP contribution in [0.15, 0.2) is 114 Å². The maximum atomic E-state index is 13.9. The molecule has 1 N–H and O–H groups in total. The monoisotopic (exact) mass is 479 g/mol. The summed E-state index contributed by atoms with van der Waals surface area (Å²) in [6.07, 6.45) is 1.55. The summed E-state index contributed by atoms with van der Waals surface area (Å²) in [6.45, 7) is 0.138. The molecule has 1 saturated heterocycles. The SMILES string of the molecule is O=C(CN1C(=O)NC(c2ccccc2)(c2ccccc2)C1=O)N(Cc1ccccc1)Cc1ccco1. The van der Waals surface area contributed by atoms with Crippen LogP contribution in [0.1, 0.15) is 22.5 Å². The Morgan fingerprint density at radius 3 is 1.92 bits per heavy atom. The number of furan rings is 1. The van der Waals surface area contributed by atoms with E-state index in [4.69, 9.17) is 4.42 Å². The van der Waals surface area contributed by atoms with E-state index in [1.165, 1.54) is 0 Å². The topological polar surface area (TPSA) is 82.9 Å². The summed E-state index contributed by atoms with van der Waals surface area (Å²) in [5.41, 5.74) is 0.769. The molecule has 0 atom stereocenters. The molecule has 1 fully saturated rings. The molecule has 36 heavy (non-hydrogen) atoms. The third kappa shape index (κ3) is 4.38. The van der Waals surface area contributed by atoms with E-state index in [2.05, 4.69) is 5.32 Å². The number of nitrogens with zero attached hydrogens (tertiary/aromatic N) is 2. The van der Waals surface area contributed by atoms with Crippen molar-refractivity contribution in [3.8, 4) is 0 Å². The van der Waals surface area contributed by atoms with E-state index < -0.39 is 17.5 Å². The Hall–Kier alpha value is -4.65. The summed E-state index contributed by atoms with van der Waals surface area (Å²) in [5, 5.41) is 2.89. The Morgan fingerprint density at radius 2 is 1.36 bits per heavy atom. The van der Waals surface area contributed by atoms with Crippen molar-refractivity contribution < 1.29 is 18.8 Å². The number of benzene rings is 3. The lowest BCUT2D eigenvalue weighted by Gasteiger charge is -2.28. The number of urea groups is 1. The van der Waals surface area contributed by atoms with Gasteiger partial charge in [0, 0.05) is 6.54 Å². The fourth-order valence-electron chi connectivity index (χ4n) is 4.52. The predicted octanol–water partition coefficient (Wildman–Crippen LogP) is 4.30. The largest absolute Gasteiger partial charge is 0.467 e. The third-order valence-electron chi connectivity index (χ3n) is 6.31. The van der Waals surface area contributed by atoms with Gasteiger partial charge in [-0.3, -0.25) is 14.5 Å². The van der Waals surface area contributed by atoms with Crippen LogP contribution < -0.4 is 5.32 Å². The van der Waals surface area contributed by atoms with Crippen LogP contribution in [0.25, 0.3) is 0 Å². The molecular formula is C29H25N3O4. The maximum absolute atomic E-state index is 13.9. The Kier molecular flexibility index (Phi) is 6.36. The summed E-state index contributed by atoms with van der Waals surface area (Å²) in [5.74, 6) is -0.244. The second kappa shape index (κ2) is 9.92. The number of hydrogen-bond acceptors (Lipinski definition) is 4. The van der Waals surface area contributed by atoms with Crippen molar-refractivity contribution in [3.05, 3.63) is 132 Å². The molecule has 0 spiro atoms. The third-order valence-corrected chi connectivity index (χ3v) is 6.31. The molecule has 180 valence electrons. The number of amides is 4. The van der Waals surface area contributed by atoms with Crippen LogP contribution in [0.2, 0.25) is 0 Å². The highest BCUT2D eigenvalue weighted by molar-refractivity contribution is 6.11. The Morgan fingerprint density at radius 1 is 0.778 bits per heavy atom. The van der Waals surface area contributed by atoms with E-state index in [0.717, 1.165) is 10.5 Å². The lowest BCUT2D eigenvalue weighted by molar-refractivity contribution is -0.139. The zero-order chi connectivity index (χ0) is 25.0. The first-order valence-corrected chi connectivity index (χ1v) is 11.7. The van der Waals surface area contributed by atoms with Crippen LogP contribution in [0.3, 0.4) is 0 Å². The van der Waals surface area contributed by atoms with Crippen molar-refractivity contribution in [3.63, 3.8) is 0 Å². The smallest absolute Gasteiger partial charge is 0.326 e. The molecule has 0 radical (unpaired) electrons. The van der Waals surface area contributed by atoms with Gasteiger partial charge in [-0.1, -0.05) is 91.0 Å². The minimum absolute atomic E-state index is 0.215. The van der Waals surface area contributed by atoms with Gasteiger partial charge in [0.15, 0.2) is 5.54 Å². The molecule has 0 saturated carbocycles. The molecule has 5 rings (SSSR count). The fourth-order valence-corrected chi connectivity index (χ4v) is 4.52. The number of imide groups is 1. The average Bonchev–Trinajstić information content (AvgIpc) is 3.52. The van der Waals surface area contributed by atoms with Crippen LogP contribution in [0, 0.1) is 0 Å². The highest BCUT2D eigenvalue weighted by atomic mass is 16.3. The second-order valence-electron chi connectivity index (χ2n) is 8.62. The Labute approximate surface area is 208 Å². The summed E-state index contributed by atoms with van der Waals surface area (Å²) >= 11 is 0. The molecule has 1 aromatic heterocycles. The molecule has 0 unspecified atom stereocenters. The van der Waals surface area contributed by atoms with Crippen LogP contribution >= 0.6 is 0 Å². The normalized spacial score (nSPS) is 14.5. The van der Waals surface area contributed by atoms with E-state index in [0.29, 0.717) is 23.4 Å². The number of rotatable bonds is 8. The number of carbonyl (C=O) groups excluding carboxylic acids is 3. The van der Waals surface area contributed by atoms with Gasteiger partial charge in [-0.2, -0.15) is 0 Å². The Bertz CT molecular complexity index is 1300. The summed E-state index contributed by atoms with van der Waals surface area (Å²) < 4.78 is 5.46. The molecule has 1 aliphatic heterocycles. The first kappa shape index (κ1) is 23.1. The quantitative estimate of drug-likeness (QED) is 0.382. The van der Waals surface area contributed by atoms with E-state index in [9.17, 15) is 14.4 Å². The minimum Gasteiger partial charge on any atom is -0.467 e. The molecule has 4 amide bonds. The van der Waals surface area contributed by atoms with Crippen LogP contribution in [0.5, 0.6) is 0 Å². The molecule has 2 heterocycles. The summed E-state index contributed by atoms with van der Waals surface area (Å²) in [4.78, 5) is 43.2. The average molecular weight is 480 g/mol. The van der Waals surface area contributed by atoms with E-state index in [1.807, 2.05) is 66.7 Å². The van der Waals surface area contributed by atoms with E-state index in [-0.39, 0.29) is 19.0 Å². The predicted molar refractivity (Wildman–Crippen MR) is 133 cm³/mol. The van der Waals surface area contributed by atoms with Gasteiger partial charge >= 0.3 is 6.03 Å². The molecular weight excluding hydrogens is 454 g/mol. The summed E-state index contributed by atoms with van der Waals surface area (Å²) in [6, 6.07) is 30.6. The zero-order valence-electron chi connectivity index (χ0n) is 19.5. The zero-order valence-corrected chi connectivity index (χ0v) is 19.5. The van der Waals surface area contributed by atoms with Gasteiger partial charge < -0.3 is 14.6 Å². The van der Waals surface area contributed by atoms with Crippen molar-refractivity contribution in [1.82, 2.24) is 15.1 Å². The van der Waals surface area contributed by atoms with Crippen LogP contribution in [0.4, 0.5) is 4.79 Å². The first-order valence-electron chi connectivity index (χ1n) is 11.7. The molecule has 0 bridgehead atoms. The van der Waals surface area contributed by atoms with Crippen LogP contribution in [-0.4, -0.2) is 34.2 Å². The van der Waals surface area contributed by atoms with Crippen molar-refractivity contribution >= 4 is 17.8 Å². The second-order valence-corrected chi connectivity index (χ2v) is 8.62. The lowest BCUT2D eigenvalue weighted by atomic mass is 9.82. The van der Waals surface area contributed by atoms with Gasteiger partial charge in [0.2, 0.25) is 5.91 Å². The summed E-state index contributed by atoms with van der Waals surface area (Å²) in [7, 11) is 0. The molecule has 7 nitrogen and oxygen atoms in total. The standard InChI is InChI=1S/C29H25N3O4/c33-26(31(20-25-17-10-18-36-25)19-22-11-4-1-5-12-22)21-32-27(34)29(30-28(32)35,23-13-6-2-7-14-23)24-15-8-3-9-16-24/h1-18H,19-21H2,(H,30,35). The number of hydrogen-bond donors (Lipinski definition) is 1. The van der Waals surface area contributed by atoms with Gasteiger partial charge in [-0.25, -0.2) is 4.79 Å². The first-order chi connectivity index (χ1) is 17.6. The van der Waals surface area contributed by atoms with Gasteiger partial charge in [-0.05, 0) is 28.8 Å². The lowest BCUT2D eigenvalue weighted by Crippen LogP contribution is -2.46. The van der Waals surface area contributed by atoms with Gasteiger partial charge in [-0.15, -0.1) is 0 Å². The molecule has 4 aromatic rings. The van der Waals surface area contributed by atoms with E-state index >= 15 is 0 Å². The highest BCUT2D eigenvalue weighted by Gasteiger charge is 2.54. The van der Waals surface area contributed by atoms with E-state index in [1.54, 1.807) is 47.6 Å². The van der Waals surface area contributed by atoms with Crippen LogP contribution in [-0.2, 0) is 28.2 Å². The van der Waals surface area contributed by atoms with Gasteiger partial charge in [0.05, 0.1) is 12.8 Å².